The molecule has 1 N–H and O–H groups in total. The number of hydrogen-bond donors (Lipinski definition) is 1. The Morgan fingerprint density at radius 1 is 0.857 bits per heavy atom. The molecule has 1 aromatic heterocycles. The second-order valence-electron chi connectivity index (χ2n) is 5.36. The Morgan fingerprint density at radius 3 is 2.33 bits per heavy atom. The molecule has 0 fully saturated rings. The third-order valence-corrected chi connectivity index (χ3v) is 3.96. The molecule has 3 nitrogen and oxygen atoms in total. The molecule has 2 heterocycles. The van der Waals surface area contributed by atoms with Crippen molar-refractivity contribution >= 4 is 0 Å². The molecule has 0 unspecified atom stereocenters. The van der Waals surface area contributed by atoms with E-state index in [9.17, 15) is 0 Å². The van der Waals surface area contributed by atoms with Gasteiger partial charge in [-0.15, -0.1) is 0 Å². The van der Waals surface area contributed by atoms with Crippen LogP contribution in [0.3, 0.4) is 0 Å². The van der Waals surface area contributed by atoms with Crippen LogP contribution < -0.4 is 5.32 Å². The van der Waals surface area contributed by atoms with Crippen molar-refractivity contribution < 1.29 is 0 Å². The van der Waals surface area contributed by atoms with Gasteiger partial charge in [-0.25, -0.2) is 4.98 Å². The molecule has 21 heavy (non-hydrogen) atoms. The fourth-order valence-corrected chi connectivity index (χ4v) is 2.79. The third-order valence-electron chi connectivity index (χ3n) is 3.96. The molecule has 1 aliphatic heterocycles. The largest absolute Gasteiger partial charge is 0.332 e. The first kappa shape index (κ1) is 12.4. The summed E-state index contributed by atoms with van der Waals surface area (Å²) in [7, 11) is 0. The van der Waals surface area contributed by atoms with Crippen LogP contribution in [-0.2, 0) is 13.1 Å². The number of imidazole rings is 1. The van der Waals surface area contributed by atoms with E-state index in [0.29, 0.717) is 0 Å². The maximum absolute atomic E-state index is 4.72. The molecule has 104 valence electrons. The lowest BCUT2D eigenvalue weighted by Crippen LogP contribution is -2.27. The van der Waals surface area contributed by atoms with Crippen molar-refractivity contribution in [2.75, 3.05) is 6.54 Å². The number of rotatable bonds is 2. The lowest BCUT2D eigenvalue weighted by atomic mass is 10.0. The topological polar surface area (TPSA) is 29.9 Å². The lowest BCUT2D eigenvalue weighted by Gasteiger charge is -2.13. The van der Waals surface area contributed by atoms with Crippen molar-refractivity contribution in [3.8, 4) is 22.4 Å². The van der Waals surface area contributed by atoms with Crippen LogP contribution in [0.5, 0.6) is 0 Å². The summed E-state index contributed by atoms with van der Waals surface area (Å²) in [6, 6.07) is 19.1. The molecule has 0 saturated carbocycles. The van der Waals surface area contributed by atoms with Crippen molar-refractivity contribution in [2.45, 2.75) is 13.1 Å². The Kier molecular flexibility index (Phi) is 3.05. The third kappa shape index (κ3) is 2.36. The average molecular weight is 275 g/mol. The Morgan fingerprint density at radius 2 is 1.57 bits per heavy atom. The van der Waals surface area contributed by atoms with E-state index < -0.39 is 0 Å². The first-order valence-corrected chi connectivity index (χ1v) is 7.33. The van der Waals surface area contributed by atoms with Gasteiger partial charge in [0, 0.05) is 24.8 Å². The maximum Gasteiger partial charge on any atom is 0.123 e. The molecule has 1 aliphatic rings. The summed E-state index contributed by atoms with van der Waals surface area (Å²) in [5, 5.41) is 3.35. The number of nitrogens with zero attached hydrogens (tertiary/aromatic N) is 2. The molecule has 0 atom stereocenters. The molecular weight excluding hydrogens is 258 g/mol. The normalized spacial score (nSPS) is 13.9. The molecule has 4 rings (SSSR count). The average Bonchev–Trinajstić information content (AvgIpc) is 3.00. The fourth-order valence-electron chi connectivity index (χ4n) is 2.79. The summed E-state index contributed by atoms with van der Waals surface area (Å²) in [5.41, 5.74) is 4.73. The molecule has 3 heteroatoms. The highest BCUT2D eigenvalue weighted by Crippen LogP contribution is 2.24. The summed E-state index contributed by atoms with van der Waals surface area (Å²) in [6.07, 6.45) is 2.16. The predicted molar refractivity (Wildman–Crippen MR) is 84.8 cm³/mol. The standard InChI is InChI=1S/C18H17N3/c1-2-4-14(5-3-1)15-6-8-16(9-7-15)17-13-21-11-10-19-12-18(21)20-17/h1-9,13,19H,10-12H2. The molecule has 0 saturated heterocycles. The van der Waals surface area contributed by atoms with Crippen LogP contribution in [0.25, 0.3) is 22.4 Å². The van der Waals surface area contributed by atoms with Gasteiger partial charge in [0.05, 0.1) is 12.2 Å². The van der Waals surface area contributed by atoms with Crippen molar-refractivity contribution in [3.05, 3.63) is 66.6 Å². The van der Waals surface area contributed by atoms with Gasteiger partial charge >= 0.3 is 0 Å². The summed E-state index contributed by atoms with van der Waals surface area (Å²) in [4.78, 5) is 4.72. The van der Waals surface area contributed by atoms with Gasteiger partial charge in [-0.05, 0) is 11.1 Å². The number of benzene rings is 2. The SMILES string of the molecule is c1ccc(-c2ccc(-c3cn4c(n3)CNCC4)cc2)cc1. The minimum atomic E-state index is 0.863. The highest BCUT2D eigenvalue weighted by Gasteiger charge is 2.12. The highest BCUT2D eigenvalue weighted by molar-refractivity contribution is 5.68. The van der Waals surface area contributed by atoms with E-state index in [0.717, 1.165) is 31.2 Å². The summed E-state index contributed by atoms with van der Waals surface area (Å²) in [5.74, 6) is 1.13. The van der Waals surface area contributed by atoms with E-state index in [4.69, 9.17) is 4.98 Å². The van der Waals surface area contributed by atoms with Gasteiger partial charge in [-0.2, -0.15) is 0 Å². The summed E-state index contributed by atoms with van der Waals surface area (Å²) < 4.78 is 2.25. The molecular formula is C18H17N3. The first-order chi connectivity index (χ1) is 10.4. The number of nitrogens with one attached hydrogen (secondary N) is 1. The minimum Gasteiger partial charge on any atom is -0.332 e. The van der Waals surface area contributed by atoms with Crippen LogP contribution in [0.2, 0.25) is 0 Å². The van der Waals surface area contributed by atoms with Gasteiger partial charge in [-0.3, -0.25) is 0 Å². The summed E-state index contributed by atoms with van der Waals surface area (Å²) >= 11 is 0. The zero-order valence-electron chi connectivity index (χ0n) is 11.8. The Hall–Kier alpha value is -2.39. The van der Waals surface area contributed by atoms with Gasteiger partial charge in [0.1, 0.15) is 5.82 Å². The molecule has 0 aliphatic carbocycles. The van der Waals surface area contributed by atoms with Crippen LogP contribution >= 0.6 is 0 Å². The van der Waals surface area contributed by atoms with Gasteiger partial charge in [-0.1, -0.05) is 54.6 Å². The fraction of sp³-hybridized carbons (Fsp3) is 0.167. The zero-order chi connectivity index (χ0) is 14.1. The molecule has 0 bridgehead atoms. The van der Waals surface area contributed by atoms with Crippen molar-refractivity contribution in [3.63, 3.8) is 0 Å². The second-order valence-corrected chi connectivity index (χ2v) is 5.36. The quantitative estimate of drug-likeness (QED) is 0.777. The van der Waals surface area contributed by atoms with Crippen molar-refractivity contribution in [1.82, 2.24) is 14.9 Å². The van der Waals surface area contributed by atoms with Crippen LogP contribution in [0, 0.1) is 0 Å². The van der Waals surface area contributed by atoms with E-state index in [1.54, 1.807) is 0 Å². The van der Waals surface area contributed by atoms with Crippen LogP contribution in [0.15, 0.2) is 60.8 Å². The van der Waals surface area contributed by atoms with Crippen LogP contribution in [0.1, 0.15) is 5.82 Å². The number of hydrogen-bond acceptors (Lipinski definition) is 2. The van der Waals surface area contributed by atoms with Crippen molar-refractivity contribution in [1.29, 1.82) is 0 Å². The van der Waals surface area contributed by atoms with E-state index >= 15 is 0 Å². The summed E-state index contributed by atoms with van der Waals surface area (Å²) in [6.45, 7) is 2.89. The molecule has 0 spiro atoms. The zero-order valence-corrected chi connectivity index (χ0v) is 11.8. The monoisotopic (exact) mass is 275 g/mol. The number of fused-ring (bicyclic) bond motifs is 1. The number of aromatic nitrogens is 2. The van der Waals surface area contributed by atoms with E-state index in [-0.39, 0.29) is 0 Å². The van der Waals surface area contributed by atoms with Gasteiger partial charge < -0.3 is 9.88 Å². The smallest absolute Gasteiger partial charge is 0.123 e. The van der Waals surface area contributed by atoms with Crippen LogP contribution in [0.4, 0.5) is 0 Å². The minimum absolute atomic E-state index is 0.863. The second kappa shape index (κ2) is 5.19. The maximum atomic E-state index is 4.72. The Balaban J connectivity index is 1.66. The van der Waals surface area contributed by atoms with Crippen molar-refractivity contribution in [2.24, 2.45) is 0 Å². The van der Waals surface area contributed by atoms with E-state index in [2.05, 4.69) is 64.6 Å². The van der Waals surface area contributed by atoms with Gasteiger partial charge in [0.25, 0.3) is 0 Å². The molecule has 0 amide bonds. The molecule has 0 radical (unpaired) electrons. The van der Waals surface area contributed by atoms with Crippen LogP contribution in [-0.4, -0.2) is 16.1 Å². The Bertz CT molecular complexity index is 718. The van der Waals surface area contributed by atoms with Gasteiger partial charge in [0.2, 0.25) is 0 Å². The molecule has 3 aromatic rings. The van der Waals surface area contributed by atoms with Gasteiger partial charge in [0.15, 0.2) is 0 Å². The van der Waals surface area contributed by atoms with E-state index in [1.807, 2.05) is 6.07 Å². The highest BCUT2D eigenvalue weighted by atomic mass is 15.1. The molecule has 2 aromatic carbocycles. The van der Waals surface area contributed by atoms with E-state index in [1.165, 1.54) is 16.7 Å². The lowest BCUT2D eigenvalue weighted by molar-refractivity contribution is 0.505. The first-order valence-electron chi connectivity index (χ1n) is 7.33. The predicted octanol–water partition coefficient (Wildman–Crippen LogP) is 3.32. The Labute approximate surface area is 124 Å².